The lowest BCUT2D eigenvalue weighted by molar-refractivity contribution is 0.177. The molecule has 2 N–H and O–H groups in total. The summed E-state index contributed by atoms with van der Waals surface area (Å²) in [5, 5.41) is 2.61. The molecule has 3 rings (SSSR count). The Kier molecular flexibility index (Phi) is 1.65. The molecule has 1 aromatic carbocycles. The van der Waals surface area contributed by atoms with Crippen molar-refractivity contribution in [3.8, 4) is 0 Å². The predicted molar refractivity (Wildman–Crippen MR) is 82.5 cm³/mol. The number of H-pyrrole nitrogens is 1. The highest BCUT2D eigenvalue weighted by molar-refractivity contribution is 5.84. The molecular weight excluding hydrogens is 266 g/mol. The van der Waals surface area contributed by atoms with Crippen molar-refractivity contribution in [3.63, 3.8) is 0 Å². The van der Waals surface area contributed by atoms with Crippen LogP contribution in [0.4, 0.5) is 4.79 Å². The molecule has 5 nitrogen and oxygen atoms in total. The maximum atomic E-state index is 11.3. The zero-order valence-electron chi connectivity index (χ0n) is 22.0. The largest absolute Gasteiger partial charge is 0.447 e. The number of carbonyl (C=O) groups is 1. The monoisotopic (exact) mass is 298 g/mol. The van der Waals surface area contributed by atoms with Gasteiger partial charge in [0.05, 0.1) is 7.41 Å². The first-order valence-electron chi connectivity index (χ1n) is 11.8. The summed E-state index contributed by atoms with van der Waals surface area (Å²) in [6.45, 7) is -9.62. The van der Waals surface area contributed by atoms with Crippen LogP contribution in [-0.4, -0.2) is 49.1 Å². The molecule has 0 spiro atoms. The van der Waals surface area contributed by atoms with Crippen LogP contribution in [0.5, 0.6) is 0 Å². The lowest BCUT2D eigenvalue weighted by Gasteiger charge is -2.09. The third-order valence-electron chi connectivity index (χ3n) is 3.12. The second-order valence-electron chi connectivity index (χ2n) is 4.60. The molecule has 0 aliphatic carbocycles. The van der Waals surface area contributed by atoms with Crippen LogP contribution in [0, 0.1) is 0 Å². The number of likely N-dealkylation sites (N-methyl/N-ethyl adjacent to an activating group) is 1. The van der Waals surface area contributed by atoms with E-state index in [1.54, 1.807) is 0 Å². The van der Waals surface area contributed by atoms with Crippen molar-refractivity contribution in [1.82, 2.24) is 15.2 Å². The molecule has 0 saturated carbocycles. The fourth-order valence-electron chi connectivity index (χ4n) is 2.16. The lowest BCUT2D eigenvalue weighted by Crippen LogP contribution is -2.28. The van der Waals surface area contributed by atoms with E-state index in [0.717, 1.165) is 0 Å². The number of alkyl carbamates (subject to hydrolysis) is 1. The molecule has 1 aromatic heterocycles. The van der Waals surface area contributed by atoms with E-state index in [-0.39, 0.29) is 34.2 Å². The van der Waals surface area contributed by atoms with Crippen molar-refractivity contribution >= 4 is 17.0 Å². The number of hydrogen-bond acceptors (Lipinski definition) is 3. The fraction of sp³-hybridized carbons (Fsp3) is 0.438. The summed E-state index contributed by atoms with van der Waals surface area (Å²) in [4.78, 5) is 13.8. The number of nitrogens with zero attached hydrogens (tertiary/aromatic N) is 1. The van der Waals surface area contributed by atoms with Gasteiger partial charge in [-0.2, -0.15) is 0 Å². The van der Waals surface area contributed by atoms with Gasteiger partial charge in [-0.3, -0.25) is 0 Å². The van der Waals surface area contributed by atoms with Crippen molar-refractivity contribution < 1.29 is 24.6 Å². The molecule has 1 amide bonds. The average molecular weight is 298 g/mol. The van der Waals surface area contributed by atoms with Gasteiger partial charge < -0.3 is 19.9 Å². The number of cyclic esters (lactones) is 1. The van der Waals surface area contributed by atoms with Gasteiger partial charge >= 0.3 is 6.09 Å². The van der Waals surface area contributed by atoms with Gasteiger partial charge in [-0.15, -0.1) is 0 Å². The molecular formula is C16H21N3O2. The van der Waals surface area contributed by atoms with Crippen molar-refractivity contribution in [3.05, 3.63) is 35.5 Å². The Labute approximate surface area is 139 Å². The molecule has 0 bridgehead atoms. The number of nitrogens with one attached hydrogen (secondary N) is 2. The van der Waals surface area contributed by atoms with Crippen molar-refractivity contribution in [2.75, 3.05) is 27.1 Å². The molecule has 1 aliphatic rings. The topological polar surface area (TPSA) is 57.4 Å². The molecule has 2 heterocycles. The quantitative estimate of drug-likeness (QED) is 0.887. The van der Waals surface area contributed by atoms with Gasteiger partial charge in [-0.1, -0.05) is 6.07 Å². The van der Waals surface area contributed by atoms with E-state index >= 15 is 0 Å². The molecule has 21 heavy (non-hydrogen) atoms. The van der Waals surface area contributed by atoms with Crippen LogP contribution in [0.25, 0.3) is 10.9 Å². The van der Waals surface area contributed by atoms with Crippen molar-refractivity contribution in [2.24, 2.45) is 0 Å². The Morgan fingerprint density at radius 2 is 2.48 bits per heavy atom. The van der Waals surface area contributed by atoms with Gasteiger partial charge in [0.2, 0.25) is 0 Å². The maximum Gasteiger partial charge on any atom is 0.407 e. The fourth-order valence-corrected chi connectivity index (χ4v) is 2.16. The standard InChI is InChI=1S/C16H21N3O2/c1-19(2)6-5-12-9-17-15-4-3-11(8-14(12)15)7-13-10-21-16(20)18-13/h3-4,8-9,13,17H,5-7,10H2,1-2H3,(H,18,20)/t13-/m0/s1/i1D3,2D3,6D2,7D2,9D. The third kappa shape index (κ3) is 3.19. The second kappa shape index (κ2) is 5.77. The summed E-state index contributed by atoms with van der Waals surface area (Å²) in [6.07, 6.45) is -3.83. The van der Waals surface area contributed by atoms with Crippen LogP contribution in [0.1, 0.15) is 26.2 Å². The van der Waals surface area contributed by atoms with Gasteiger partial charge in [0.1, 0.15) is 6.61 Å². The summed E-state index contributed by atoms with van der Waals surface area (Å²) in [7, 11) is 0. The molecule has 5 heteroatoms. The van der Waals surface area contributed by atoms with E-state index in [2.05, 4.69) is 10.3 Å². The number of hydrogen-bond donors (Lipinski definition) is 2. The maximum absolute atomic E-state index is 11.3. The molecule has 0 radical (unpaired) electrons. The summed E-state index contributed by atoms with van der Waals surface area (Å²) in [5.41, 5.74) is 0.472. The van der Waals surface area contributed by atoms with Crippen molar-refractivity contribution in [1.29, 1.82) is 0 Å². The van der Waals surface area contributed by atoms with Gasteiger partial charge in [0, 0.05) is 37.3 Å². The predicted octanol–water partition coefficient (Wildman–Crippen LogP) is 1.92. The van der Waals surface area contributed by atoms with Crippen LogP contribution < -0.4 is 5.32 Å². The van der Waals surface area contributed by atoms with Crippen LogP contribution in [-0.2, 0) is 17.5 Å². The van der Waals surface area contributed by atoms with E-state index in [1.807, 2.05) is 0 Å². The molecule has 112 valence electrons. The first-order valence-corrected chi connectivity index (χ1v) is 6.30. The number of carbonyl (C=O) groups excluding carboxylic acids is 1. The number of aromatic nitrogens is 1. The summed E-state index contributed by atoms with van der Waals surface area (Å²) in [5.74, 6) is 0. The van der Waals surface area contributed by atoms with E-state index < -0.39 is 45.4 Å². The van der Waals surface area contributed by atoms with Gasteiger partial charge in [-0.25, -0.2) is 4.79 Å². The highest BCUT2D eigenvalue weighted by Crippen LogP contribution is 2.21. The zero-order valence-corrected chi connectivity index (χ0v) is 11.0. The summed E-state index contributed by atoms with van der Waals surface area (Å²) >= 11 is 0. The lowest BCUT2D eigenvalue weighted by atomic mass is 10.0. The van der Waals surface area contributed by atoms with Crippen LogP contribution in [0.3, 0.4) is 0 Å². The molecule has 1 saturated heterocycles. The number of fused-ring (bicyclic) bond motifs is 1. The van der Waals surface area contributed by atoms with Gasteiger partial charge in [-0.05, 0) is 50.0 Å². The minimum absolute atomic E-state index is 0.00661. The zero-order chi connectivity index (χ0) is 24.3. The molecule has 2 aromatic rings. The van der Waals surface area contributed by atoms with Crippen LogP contribution in [0.15, 0.2) is 24.4 Å². The number of aryl methyl sites for hydroxylation is 1. The first kappa shape index (κ1) is 6.01. The van der Waals surface area contributed by atoms with Gasteiger partial charge in [0.25, 0.3) is 0 Å². The Bertz CT molecular complexity index is 1010. The minimum Gasteiger partial charge on any atom is -0.447 e. The van der Waals surface area contributed by atoms with Crippen molar-refractivity contribution in [2.45, 2.75) is 18.8 Å². The van der Waals surface area contributed by atoms with E-state index in [4.69, 9.17) is 19.8 Å². The smallest absolute Gasteiger partial charge is 0.407 e. The number of amides is 1. The highest BCUT2D eigenvalue weighted by Gasteiger charge is 2.22. The number of ether oxygens (including phenoxy) is 1. The SMILES string of the molecule is [2H]c1[nH]c2ccc(C([2H])([2H])[C@H]3COC(=O)N3)cc2c1CC([2H])([2H])N(C([2H])([2H])[2H])C([2H])([2H])[2H]. The Morgan fingerprint density at radius 3 is 3.24 bits per heavy atom. The summed E-state index contributed by atoms with van der Waals surface area (Å²) in [6, 6.07) is 3.31. The van der Waals surface area contributed by atoms with E-state index in [0.29, 0.717) is 5.52 Å². The first-order chi connectivity index (χ1) is 14.4. The summed E-state index contributed by atoms with van der Waals surface area (Å²) < 4.78 is 91.0. The van der Waals surface area contributed by atoms with Crippen LogP contribution in [0.2, 0.25) is 0 Å². The number of aromatic amines is 1. The third-order valence-corrected chi connectivity index (χ3v) is 3.12. The Hall–Kier alpha value is -2.01. The average Bonchev–Trinajstić information content (AvgIpc) is 3.15. The van der Waals surface area contributed by atoms with E-state index in [9.17, 15) is 4.79 Å². The molecule has 1 aliphatic heterocycles. The normalized spacial score (nSPS) is 28.5. The second-order valence-corrected chi connectivity index (χ2v) is 4.60. The van der Waals surface area contributed by atoms with Gasteiger partial charge in [0.15, 0.2) is 0 Å². The Balaban J connectivity index is 2.05. The molecule has 0 unspecified atom stereocenters. The van der Waals surface area contributed by atoms with E-state index in [1.165, 1.54) is 18.2 Å². The molecule has 1 atom stereocenters. The minimum atomic E-state index is -3.27. The Morgan fingerprint density at radius 1 is 1.57 bits per heavy atom. The molecule has 1 fully saturated rings. The number of rotatable bonds is 5. The van der Waals surface area contributed by atoms with Crippen LogP contribution >= 0.6 is 0 Å². The number of benzene rings is 1. The highest BCUT2D eigenvalue weighted by atomic mass is 16.6.